The third-order valence-corrected chi connectivity index (χ3v) is 3.06. The zero-order valence-corrected chi connectivity index (χ0v) is 10.1. The number of nitrogen functional groups attached to an aromatic ring is 1. The fraction of sp³-hybridized carbons (Fsp3) is 0.545. The molecule has 16 heavy (non-hydrogen) atoms. The molecule has 1 atom stereocenters. The van der Waals surface area contributed by atoms with Gasteiger partial charge in [-0.3, -0.25) is 0 Å². The van der Waals surface area contributed by atoms with E-state index >= 15 is 0 Å². The molecule has 0 saturated carbocycles. The summed E-state index contributed by atoms with van der Waals surface area (Å²) < 4.78 is 2.05. The highest BCUT2D eigenvalue weighted by molar-refractivity contribution is 5.81. The lowest BCUT2D eigenvalue weighted by atomic mass is 9.88. The van der Waals surface area contributed by atoms with Gasteiger partial charge in [0.25, 0.3) is 0 Å². The molecule has 2 aromatic heterocycles. The Morgan fingerprint density at radius 1 is 1.25 bits per heavy atom. The molecule has 2 heterocycles. The normalized spacial score (nSPS) is 14.2. The summed E-state index contributed by atoms with van der Waals surface area (Å²) in [5.74, 6) is 0.435. The maximum absolute atomic E-state index is 5.75. The van der Waals surface area contributed by atoms with Crippen LogP contribution in [0.5, 0.6) is 0 Å². The Kier molecular flexibility index (Phi) is 2.33. The maximum Gasteiger partial charge on any atom is 0.165 e. The lowest BCUT2D eigenvalue weighted by molar-refractivity contribution is 0.266. The molecule has 0 aliphatic rings. The molecule has 0 saturated heterocycles. The van der Waals surface area contributed by atoms with Crippen molar-refractivity contribution in [1.82, 2.24) is 19.5 Å². The second-order valence-electron chi connectivity index (χ2n) is 5.12. The van der Waals surface area contributed by atoms with Gasteiger partial charge in [0.05, 0.1) is 6.33 Å². The van der Waals surface area contributed by atoms with Crippen molar-refractivity contribution in [2.75, 3.05) is 5.73 Å². The zero-order valence-electron chi connectivity index (χ0n) is 10.1. The van der Waals surface area contributed by atoms with E-state index in [0.717, 1.165) is 5.65 Å². The molecule has 0 spiro atoms. The van der Waals surface area contributed by atoms with Crippen LogP contribution in [0.2, 0.25) is 0 Å². The molecular formula is C11H17N5. The van der Waals surface area contributed by atoms with Crippen LogP contribution in [0.4, 0.5) is 5.82 Å². The third-order valence-electron chi connectivity index (χ3n) is 3.06. The fourth-order valence-corrected chi connectivity index (χ4v) is 1.57. The van der Waals surface area contributed by atoms with Crippen LogP contribution in [0.3, 0.4) is 0 Å². The van der Waals surface area contributed by atoms with Gasteiger partial charge in [-0.1, -0.05) is 20.8 Å². The largest absolute Gasteiger partial charge is 0.382 e. The molecule has 0 unspecified atom stereocenters. The lowest BCUT2D eigenvalue weighted by Crippen LogP contribution is -2.21. The maximum atomic E-state index is 5.75. The summed E-state index contributed by atoms with van der Waals surface area (Å²) in [6, 6.07) is 0.298. The molecule has 5 nitrogen and oxygen atoms in total. The van der Waals surface area contributed by atoms with Crippen LogP contribution in [-0.2, 0) is 0 Å². The molecule has 0 aromatic carbocycles. The second kappa shape index (κ2) is 3.43. The molecule has 0 aliphatic heterocycles. The van der Waals surface area contributed by atoms with E-state index < -0.39 is 0 Å². The Balaban J connectivity index is 2.59. The van der Waals surface area contributed by atoms with Crippen molar-refractivity contribution in [3.05, 3.63) is 12.7 Å². The van der Waals surface area contributed by atoms with Gasteiger partial charge in [0.2, 0.25) is 0 Å². The molecular weight excluding hydrogens is 202 g/mol. The molecule has 0 bridgehead atoms. The molecule has 0 aliphatic carbocycles. The first-order chi connectivity index (χ1) is 7.41. The summed E-state index contributed by atoms with van der Waals surface area (Å²) in [5.41, 5.74) is 7.38. The number of rotatable bonds is 1. The topological polar surface area (TPSA) is 69.6 Å². The number of nitrogens with zero attached hydrogens (tertiary/aromatic N) is 4. The van der Waals surface area contributed by atoms with Gasteiger partial charge < -0.3 is 10.3 Å². The SMILES string of the molecule is C[C@H](n1cnc2c(N)ncnc21)C(C)(C)C. The minimum Gasteiger partial charge on any atom is -0.382 e. The van der Waals surface area contributed by atoms with Crippen molar-refractivity contribution in [2.24, 2.45) is 5.41 Å². The number of hydrogen-bond donors (Lipinski definition) is 1. The zero-order chi connectivity index (χ0) is 11.9. The van der Waals surface area contributed by atoms with Gasteiger partial charge in [0.15, 0.2) is 11.5 Å². The summed E-state index contributed by atoms with van der Waals surface area (Å²) in [6.07, 6.45) is 3.26. The summed E-state index contributed by atoms with van der Waals surface area (Å²) in [6.45, 7) is 8.72. The van der Waals surface area contributed by atoms with Crippen LogP contribution in [0.25, 0.3) is 11.2 Å². The van der Waals surface area contributed by atoms with E-state index in [4.69, 9.17) is 5.73 Å². The number of fused-ring (bicyclic) bond motifs is 1. The molecule has 5 heteroatoms. The van der Waals surface area contributed by atoms with Gasteiger partial charge in [-0.15, -0.1) is 0 Å². The standard InChI is InChI=1S/C11H17N5/c1-7(11(2,3)4)16-6-15-8-9(12)13-5-14-10(8)16/h5-7H,1-4H3,(H2,12,13,14)/t7-/m0/s1. The molecule has 0 radical (unpaired) electrons. The van der Waals surface area contributed by atoms with Gasteiger partial charge >= 0.3 is 0 Å². The van der Waals surface area contributed by atoms with Gasteiger partial charge in [-0.05, 0) is 12.3 Å². The lowest BCUT2D eigenvalue weighted by Gasteiger charge is -2.28. The van der Waals surface area contributed by atoms with Crippen molar-refractivity contribution >= 4 is 17.0 Å². The monoisotopic (exact) mass is 219 g/mol. The molecule has 2 rings (SSSR count). The van der Waals surface area contributed by atoms with Crippen LogP contribution in [-0.4, -0.2) is 19.5 Å². The summed E-state index contributed by atoms with van der Waals surface area (Å²) in [4.78, 5) is 12.4. The molecule has 86 valence electrons. The van der Waals surface area contributed by atoms with E-state index in [9.17, 15) is 0 Å². The van der Waals surface area contributed by atoms with Crippen LogP contribution in [0, 0.1) is 5.41 Å². The Bertz CT molecular complexity index is 509. The molecule has 2 aromatic rings. The highest BCUT2D eigenvalue weighted by atomic mass is 15.1. The minimum absolute atomic E-state index is 0.146. The summed E-state index contributed by atoms with van der Waals surface area (Å²) >= 11 is 0. The van der Waals surface area contributed by atoms with Crippen LogP contribution in [0.1, 0.15) is 33.7 Å². The van der Waals surface area contributed by atoms with Crippen LogP contribution in [0.15, 0.2) is 12.7 Å². The molecule has 2 N–H and O–H groups in total. The predicted molar refractivity (Wildman–Crippen MR) is 63.9 cm³/mol. The van der Waals surface area contributed by atoms with Gasteiger partial charge in [-0.25, -0.2) is 15.0 Å². The van der Waals surface area contributed by atoms with Crippen LogP contribution >= 0.6 is 0 Å². The van der Waals surface area contributed by atoms with Crippen molar-refractivity contribution in [2.45, 2.75) is 33.7 Å². The number of anilines is 1. The first-order valence-electron chi connectivity index (χ1n) is 5.34. The second-order valence-corrected chi connectivity index (χ2v) is 5.12. The Morgan fingerprint density at radius 3 is 2.56 bits per heavy atom. The number of nitrogens with two attached hydrogens (primary N) is 1. The van der Waals surface area contributed by atoms with Gasteiger partial charge in [0, 0.05) is 6.04 Å². The first-order valence-corrected chi connectivity index (χ1v) is 5.34. The van der Waals surface area contributed by atoms with Crippen molar-refractivity contribution < 1.29 is 0 Å². The smallest absolute Gasteiger partial charge is 0.165 e. The van der Waals surface area contributed by atoms with Crippen molar-refractivity contribution in [3.8, 4) is 0 Å². The Labute approximate surface area is 94.7 Å². The van der Waals surface area contributed by atoms with Crippen molar-refractivity contribution in [1.29, 1.82) is 0 Å². The third kappa shape index (κ3) is 1.62. The number of hydrogen-bond acceptors (Lipinski definition) is 4. The molecule has 0 amide bonds. The van der Waals surface area contributed by atoms with Gasteiger partial charge in [-0.2, -0.15) is 0 Å². The van der Waals surface area contributed by atoms with E-state index in [1.807, 2.05) is 4.57 Å². The Morgan fingerprint density at radius 2 is 1.94 bits per heavy atom. The predicted octanol–water partition coefficient (Wildman–Crippen LogP) is 2.02. The minimum atomic E-state index is 0.146. The van der Waals surface area contributed by atoms with Crippen molar-refractivity contribution in [3.63, 3.8) is 0 Å². The highest BCUT2D eigenvalue weighted by Gasteiger charge is 2.23. The van der Waals surface area contributed by atoms with Gasteiger partial charge in [0.1, 0.15) is 11.8 Å². The average Bonchev–Trinajstić information content (AvgIpc) is 2.60. The average molecular weight is 219 g/mol. The molecule has 0 fully saturated rings. The number of aromatic nitrogens is 4. The number of imidazole rings is 1. The van der Waals surface area contributed by atoms with E-state index in [2.05, 4.69) is 42.6 Å². The quantitative estimate of drug-likeness (QED) is 0.796. The summed E-state index contributed by atoms with van der Waals surface area (Å²) in [7, 11) is 0. The Hall–Kier alpha value is -1.65. The fourth-order valence-electron chi connectivity index (χ4n) is 1.57. The van der Waals surface area contributed by atoms with E-state index in [0.29, 0.717) is 17.4 Å². The summed E-state index contributed by atoms with van der Waals surface area (Å²) in [5, 5.41) is 0. The van der Waals surface area contributed by atoms with Crippen LogP contribution < -0.4 is 5.73 Å². The van der Waals surface area contributed by atoms with E-state index in [1.54, 1.807) is 6.33 Å². The highest BCUT2D eigenvalue weighted by Crippen LogP contribution is 2.32. The first kappa shape index (κ1) is 10.9. The van der Waals surface area contributed by atoms with E-state index in [-0.39, 0.29) is 5.41 Å². The van der Waals surface area contributed by atoms with E-state index in [1.165, 1.54) is 6.33 Å².